The van der Waals surface area contributed by atoms with Crippen molar-refractivity contribution in [1.29, 1.82) is 0 Å². The van der Waals surface area contributed by atoms with Crippen LogP contribution in [0.15, 0.2) is 67.0 Å². The van der Waals surface area contributed by atoms with Crippen molar-refractivity contribution in [1.82, 2.24) is 10.3 Å². The van der Waals surface area contributed by atoms with Gasteiger partial charge in [-0.2, -0.15) is 0 Å². The van der Waals surface area contributed by atoms with E-state index in [4.69, 9.17) is 4.74 Å². The molecule has 138 valence electrons. The minimum Gasteiger partial charge on any atom is -0.494 e. The number of nitrogens with zero attached hydrogens (tertiary/aromatic N) is 1. The molecule has 27 heavy (non-hydrogen) atoms. The summed E-state index contributed by atoms with van der Waals surface area (Å²) in [4.78, 5) is 16.6. The van der Waals surface area contributed by atoms with Crippen molar-refractivity contribution < 1.29 is 9.53 Å². The maximum atomic E-state index is 12.5. The molecule has 0 atom stereocenters. The summed E-state index contributed by atoms with van der Waals surface area (Å²) in [5.41, 5.74) is 4.42. The van der Waals surface area contributed by atoms with Gasteiger partial charge in [0.1, 0.15) is 5.75 Å². The lowest BCUT2D eigenvalue weighted by molar-refractivity contribution is 0.0950. The standard InChI is InChI=1S/C22H23N3O2/c1-3-27-21-10-8-19(9-11-21)25-20-12-18(13-23-15-20)22(26)24-14-17-7-5-4-6-16(17)2/h4-13,15,25H,3,14H2,1-2H3,(H,24,26). The number of aryl methyl sites for hydroxylation is 1. The third kappa shape index (κ3) is 5.07. The van der Waals surface area contributed by atoms with Gasteiger partial charge < -0.3 is 15.4 Å². The van der Waals surface area contributed by atoms with E-state index in [1.165, 1.54) is 0 Å². The lowest BCUT2D eigenvalue weighted by Gasteiger charge is -2.10. The number of hydrogen-bond acceptors (Lipinski definition) is 4. The van der Waals surface area contributed by atoms with Crippen LogP contribution in [0.4, 0.5) is 11.4 Å². The van der Waals surface area contributed by atoms with Crippen molar-refractivity contribution in [3.63, 3.8) is 0 Å². The lowest BCUT2D eigenvalue weighted by atomic mass is 10.1. The number of carbonyl (C=O) groups is 1. The van der Waals surface area contributed by atoms with E-state index in [1.807, 2.05) is 62.4 Å². The Morgan fingerprint density at radius 2 is 1.81 bits per heavy atom. The van der Waals surface area contributed by atoms with E-state index in [2.05, 4.69) is 15.6 Å². The molecule has 1 amide bonds. The molecular weight excluding hydrogens is 338 g/mol. The topological polar surface area (TPSA) is 63.2 Å². The van der Waals surface area contributed by atoms with Gasteiger partial charge in [0, 0.05) is 18.4 Å². The third-order valence-corrected chi connectivity index (χ3v) is 4.16. The van der Waals surface area contributed by atoms with E-state index in [0.717, 1.165) is 28.3 Å². The Labute approximate surface area is 159 Å². The highest BCUT2D eigenvalue weighted by atomic mass is 16.5. The summed E-state index contributed by atoms with van der Waals surface area (Å²) in [6, 6.07) is 17.4. The second-order valence-electron chi connectivity index (χ2n) is 6.15. The fraction of sp³-hybridized carbons (Fsp3) is 0.182. The molecule has 0 aliphatic carbocycles. The van der Waals surface area contributed by atoms with Crippen LogP contribution >= 0.6 is 0 Å². The second-order valence-corrected chi connectivity index (χ2v) is 6.15. The number of pyridine rings is 1. The molecule has 0 aliphatic heterocycles. The quantitative estimate of drug-likeness (QED) is 0.652. The fourth-order valence-electron chi connectivity index (χ4n) is 2.69. The number of ether oxygens (including phenoxy) is 1. The van der Waals surface area contributed by atoms with Crippen LogP contribution in [0.25, 0.3) is 0 Å². The van der Waals surface area contributed by atoms with Crippen LogP contribution in [0.2, 0.25) is 0 Å². The van der Waals surface area contributed by atoms with E-state index in [9.17, 15) is 4.79 Å². The summed E-state index contributed by atoms with van der Waals surface area (Å²) in [6.07, 6.45) is 3.26. The van der Waals surface area contributed by atoms with Gasteiger partial charge in [-0.05, 0) is 55.3 Å². The van der Waals surface area contributed by atoms with Gasteiger partial charge in [0.15, 0.2) is 0 Å². The van der Waals surface area contributed by atoms with Gasteiger partial charge in [-0.25, -0.2) is 0 Å². The molecule has 3 aromatic rings. The van der Waals surface area contributed by atoms with Gasteiger partial charge in [0.25, 0.3) is 5.91 Å². The molecule has 5 heteroatoms. The normalized spacial score (nSPS) is 10.3. The molecule has 5 nitrogen and oxygen atoms in total. The molecule has 2 aromatic carbocycles. The molecule has 0 saturated heterocycles. The fourth-order valence-corrected chi connectivity index (χ4v) is 2.69. The Morgan fingerprint density at radius 3 is 2.56 bits per heavy atom. The number of anilines is 2. The summed E-state index contributed by atoms with van der Waals surface area (Å²) in [5.74, 6) is 0.673. The van der Waals surface area contributed by atoms with Crippen molar-refractivity contribution in [2.45, 2.75) is 20.4 Å². The van der Waals surface area contributed by atoms with Crippen LogP contribution < -0.4 is 15.4 Å². The number of benzene rings is 2. The van der Waals surface area contributed by atoms with Crippen molar-refractivity contribution in [2.75, 3.05) is 11.9 Å². The first-order valence-electron chi connectivity index (χ1n) is 8.93. The highest BCUT2D eigenvalue weighted by Gasteiger charge is 2.08. The molecule has 0 unspecified atom stereocenters. The van der Waals surface area contributed by atoms with Crippen molar-refractivity contribution in [2.24, 2.45) is 0 Å². The summed E-state index contributed by atoms with van der Waals surface area (Å²) in [7, 11) is 0. The summed E-state index contributed by atoms with van der Waals surface area (Å²) in [6.45, 7) is 5.11. The average molecular weight is 361 g/mol. The van der Waals surface area contributed by atoms with Gasteiger partial charge in [-0.15, -0.1) is 0 Å². The molecule has 0 spiro atoms. The Hall–Kier alpha value is -3.34. The maximum Gasteiger partial charge on any atom is 0.253 e. The largest absolute Gasteiger partial charge is 0.494 e. The van der Waals surface area contributed by atoms with Gasteiger partial charge in [0.05, 0.1) is 24.1 Å². The van der Waals surface area contributed by atoms with E-state index in [0.29, 0.717) is 18.7 Å². The summed E-state index contributed by atoms with van der Waals surface area (Å²) in [5, 5.41) is 6.20. The zero-order chi connectivity index (χ0) is 19.1. The highest BCUT2D eigenvalue weighted by molar-refractivity contribution is 5.94. The van der Waals surface area contributed by atoms with Crippen molar-refractivity contribution in [3.8, 4) is 5.75 Å². The molecule has 1 aromatic heterocycles. The van der Waals surface area contributed by atoms with Crippen LogP contribution in [0.1, 0.15) is 28.4 Å². The Kier molecular flexibility index (Phi) is 6.05. The maximum absolute atomic E-state index is 12.5. The zero-order valence-corrected chi connectivity index (χ0v) is 15.5. The highest BCUT2D eigenvalue weighted by Crippen LogP contribution is 2.20. The van der Waals surface area contributed by atoms with Crippen LogP contribution in [-0.2, 0) is 6.54 Å². The zero-order valence-electron chi connectivity index (χ0n) is 15.5. The van der Waals surface area contributed by atoms with E-state index >= 15 is 0 Å². The molecular formula is C22H23N3O2. The van der Waals surface area contributed by atoms with E-state index < -0.39 is 0 Å². The number of amides is 1. The third-order valence-electron chi connectivity index (χ3n) is 4.16. The van der Waals surface area contributed by atoms with Gasteiger partial charge in [0.2, 0.25) is 0 Å². The molecule has 0 radical (unpaired) electrons. The second kappa shape index (κ2) is 8.85. The molecule has 3 rings (SSSR count). The molecule has 0 bridgehead atoms. The van der Waals surface area contributed by atoms with Crippen LogP contribution in [0.3, 0.4) is 0 Å². The number of carbonyl (C=O) groups excluding carboxylic acids is 1. The first-order valence-corrected chi connectivity index (χ1v) is 8.93. The number of hydrogen-bond donors (Lipinski definition) is 2. The Bertz CT molecular complexity index is 907. The first kappa shape index (κ1) is 18.5. The summed E-state index contributed by atoms with van der Waals surface area (Å²) >= 11 is 0. The Morgan fingerprint density at radius 1 is 1.04 bits per heavy atom. The smallest absolute Gasteiger partial charge is 0.253 e. The van der Waals surface area contributed by atoms with E-state index in [1.54, 1.807) is 18.5 Å². The molecule has 1 heterocycles. The van der Waals surface area contributed by atoms with Gasteiger partial charge >= 0.3 is 0 Å². The molecule has 2 N–H and O–H groups in total. The SMILES string of the molecule is CCOc1ccc(Nc2cncc(C(=O)NCc3ccccc3C)c2)cc1. The number of nitrogens with one attached hydrogen (secondary N) is 2. The van der Waals surface area contributed by atoms with Gasteiger partial charge in [-0.3, -0.25) is 9.78 Å². The van der Waals surface area contributed by atoms with Crippen LogP contribution in [0.5, 0.6) is 5.75 Å². The first-order chi connectivity index (χ1) is 13.2. The molecule has 0 fully saturated rings. The minimum absolute atomic E-state index is 0.152. The molecule has 0 aliphatic rings. The van der Waals surface area contributed by atoms with Gasteiger partial charge in [-0.1, -0.05) is 24.3 Å². The number of rotatable bonds is 7. The molecule has 0 saturated carbocycles. The average Bonchev–Trinajstić information content (AvgIpc) is 2.69. The predicted molar refractivity (Wildman–Crippen MR) is 107 cm³/mol. The lowest BCUT2D eigenvalue weighted by Crippen LogP contribution is -2.23. The minimum atomic E-state index is -0.152. The predicted octanol–water partition coefficient (Wildman–Crippen LogP) is 4.46. The Balaban J connectivity index is 1.64. The summed E-state index contributed by atoms with van der Waals surface area (Å²) < 4.78 is 5.44. The van der Waals surface area contributed by atoms with Crippen molar-refractivity contribution >= 4 is 17.3 Å². The monoisotopic (exact) mass is 361 g/mol. The number of aromatic nitrogens is 1. The van der Waals surface area contributed by atoms with Crippen LogP contribution in [-0.4, -0.2) is 17.5 Å². The van der Waals surface area contributed by atoms with E-state index in [-0.39, 0.29) is 5.91 Å². The van der Waals surface area contributed by atoms with Crippen molar-refractivity contribution in [3.05, 3.63) is 83.7 Å². The van der Waals surface area contributed by atoms with Crippen LogP contribution in [0, 0.1) is 6.92 Å².